The van der Waals surface area contributed by atoms with Crippen LogP contribution in [0.25, 0.3) is 0 Å². The Morgan fingerprint density at radius 2 is 2.25 bits per heavy atom. The smallest absolute Gasteiger partial charge is 0.143 e. The Balaban J connectivity index is 2.14. The van der Waals surface area contributed by atoms with E-state index >= 15 is 0 Å². The zero-order valence-electron chi connectivity index (χ0n) is 11.9. The molecule has 0 unspecified atom stereocenters. The van der Waals surface area contributed by atoms with Gasteiger partial charge in [0.2, 0.25) is 0 Å². The number of hydrogen-bond donors (Lipinski definition) is 1. The lowest BCUT2D eigenvalue weighted by molar-refractivity contribution is 0.0960. The maximum atomic E-state index is 13.7. The minimum Gasteiger partial charge on any atom is -0.392 e. The van der Waals surface area contributed by atoms with Crippen molar-refractivity contribution in [1.82, 2.24) is 4.90 Å². The molecule has 2 atom stereocenters. The quantitative estimate of drug-likeness (QED) is 0.911. The predicted octanol–water partition coefficient (Wildman–Crippen LogP) is 1.59. The summed E-state index contributed by atoms with van der Waals surface area (Å²) in [7, 11) is 0. The molecule has 0 saturated carbocycles. The van der Waals surface area contributed by atoms with Gasteiger partial charge in [-0.2, -0.15) is 5.26 Å². The third kappa shape index (κ3) is 3.09. The number of anilines is 1. The molecular weight excluding hydrogens is 257 g/mol. The van der Waals surface area contributed by atoms with Gasteiger partial charge >= 0.3 is 0 Å². The van der Waals surface area contributed by atoms with E-state index in [1.165, 1.54) is 6.07 Å². The van der Waals surface area contributed by atoms with Crippen LogP contribution < -0.4 is 4.90 Å². The highest BCUT2D eigenvalue weighted by Gasteiger charge is 2.26. The Bertz CT molecular complexity index is 512. The van der Waals surface area contributed by atoms with E-state index in [9.17, 15) is 9.50 Å². The number of piperazine rings is 1. The number of rotatable bonds is 3. The molecule has 0 bridgehead atoms. The summed E-state index contributed by atoms with van der Waals surface area (Å²) in [5, 5.41) is 18.6. The second-order valence-electron chi connectivity index (χ2n) is 5.38. The summed E-state index contributed by atoms with van der Waals surface area (Å²) in [6, 6.07) is 6.95. The van der Waals surface area contributed by atoms with Crippen LogP contribution in [0.5, 0.6) is 0 Å². The molecular formula is C15H20FN3O. The van der Waals surface area contributed by atoms with Gasteiger partial charge in [-0.3, -0.25) is 4.90 Å². The van der Waals surface area contributed by atoms with Crippen LogP contribution in [0.1, 0.15) is 19.4 Å². The van der Waals surface area contributed by atoms with Crippen molar-refractivity contribution < 1.29 is 9.50 Å². The molecule has 1 fully saturated rings. The van der Waals surface area contributed by atoms with Gasteiger partial charge in [0.15, 0.2) is 0 Å². The maximum absolute atomic E-state index is 13.7. The Morgan fingerprint density at radius 3 is 2.85 bits per heavy atom. The summed E-state index contributed by atoms with van der Waals surface area (Å²) in [6.45, 7) is 6.76. The lowest BCUT2D eigenvalue weighted by atomic mass is 10.1. The van der Waals surface area contributed by atoms with Crippen molar-refractivity contribution in [1.29, 1.82) is 5.26 Å². The number of nitriles is 1. The first kappa shape index (κ1) is 14.8. The Labute approximate surface area is 119 Å². The van der Waals surface area contributed by atoms with Gasteiger partial charge in [-0.25, -0.2) is 4.39 Å². The summed E-state index contributed by atoms with van der Waals surface area (Å²) in [5.74, 6) is -0.468. The molecule has 0 spiro atoms. The van der Waals surface area contributed by atoms with Gasteiger partial charge in [0.25, 0.3) is 0 Å². The highest BCUT2D eigenvalue weighted by molar-refractivity contribution is 5.60. The van der Waals surface area contributed by atoms with Crippen molar-refractivity contribution in [3.05, 3.63) is 29.6 Å². The molecule has 20 heavy (non-hydrogen) atoms. The van der Waals surface area contributed by atoms with Crippen LogP contribution in [0.15, 0.2) is 18.2 Å². The van der Waals surface area contributed by atoms with Crippen molar-refractivity contribution in [3.8, 4) is 6.07 Å². The Kier molecular flexibility index (Phi) is 4.58. The Morgan fingerprint density at radius 1 is 1.50 bits per heavy atom. The maximum Gasteiger partial charge on any atom is 0.143 e. The lowest BCUT2D eigenvalue weighted by Gasteiger charge is -2.41. The van der Waals surface area contributed by atoms with Crippen molar-refractivity contribution in [3.63, 3.8) is 0 Å². The number of halogens is 1. The summed E-state index contributed by atoms with van der Waals surface area (Å²) < 4.78 is 13.7. The van der Waals surface area contributed by atoms with E-state index in [0.717, 1.165) is 19.6 Å². The molecule has 1 saturated heterocycles. The highest BCUT2D eigenvalue weighted by atomic mass is 19.1. The average Bonchev–Trinajstić information content (AvgIpc) is 2.40. The van der Waals surface area contributed by atoms with Crippen LogP contribution in [0, 0.1) is 17.1 Å². The number of benzene rings is 1. The second kappa shape index (κ2) is 6.21. The molecule has 4 nitrogen and oxygen atoms in total. The molecule has 1 aromatic carbocycles. The van der Waals surface area contributed by atoms with Crippen LogP contribution in [-0.4, -0.2) is 48.3 Å². The molecule has 5 heteroatoms. The first-order chi connectivity index (χ1) is 9.52. The normalized spacial score (nSPS) is 21.6. The third-order valence-corrected chi connectivity index (χ3v) is 3.71. The SMILES string of the molecule is C[C@@H](O)CN1CCN(c2cccc(F)c2C#N)C[C@@H]1C. The van der Waals surface area contributed by atoms with Crippen LogP contribution in [0.4, 0.5) is 10.1 Å². The first-order valence-corrected chi connectivity index (χ1v) is 6.88. The van der Waals surface area contributed by atoms with E-state index in [2.05, 4.69) is 11.8 Å². The van der Waals surface area contributed by atoms with Crippen LogP contribution in [0.3, 0.4) is 0 Å². The van der Waals surface area contributed by atoms with Gasteiger partial charge < -0.3 is 10.0 Å². The number of β-amino-alcohol motifs (C(OH)–C–C–N with tert-alkyl or cyclic N) is 1. The monoisotopic (exact) mass is 277 g/mol. The van der Waals surface area contributed by atoms with Gasteiger partial charge in [0, 0.05) is 32.2 Å². The van der Waals surface area contributed by atoms with Gasteiger partial charge in [-0.15, -0.1) is 0 Å². The van der Waals surface area contributed by atoms with Crippen LogP contribution >= 0.6 is 0 Å². The second-order valence-corrected chi connectivity index (χ2v) is 5.38. The number of hydrogen-bond acceptors (Lipinski definition) is 4. The molecule has 0 radical (unpaired) electrons. The molecule has 0 aliphatic carbocycles. The van der Waals surface area contributed by atoms with E-state index in [-0.39, 0.29) is 17.7 Å². The minimum absolute atomic E-state index is 0.115. The topological polar surface area (TPSA) is 50.5 Å². The van der Waals surface area contributed by atoms with Crippen molar-refractivity contribution in [2.24, 2.45) is 0 Å². The molecule has 108 valence electrons. The largest absolute Gasteiger partial charge is 0.392 e. The van der Waals surface area contributed by atoms with E-state index in [0.29, 0.717) is 12.2 Å². The van der Waals surface area contributed by atoms with Crippen LogP contribution in [0.2, 0.25) is 0 Å². The Hall–Kier alpha value is -1.64. The molecule has 1 aliphatic rings. The average molecular weight is 277 g/mol. The molecule has 2 rings (SSSR count). The number of aliphatic hydroxyl groups is 1. The number of nitrogens with zero attached hydrogens (tertiary/aromatic N) is 3. The molecule has 1 aliphatic heterocycles. The fourth-order valence-electron chi connectivity index (χ4n) is 2.71. The van der Waals surface area contributed by atoms with Gasteiger partial charge in [-0.05, 0) is 26.0 Å². The standard InChI is InChI=1S/C15H20FN3O/c1-11-9-19(7-6-18(11)10-12(2)20)15-5-3-4-14(16)13(15)8-17/h3-5,11-12,20H,6-7,9-10H2,1-2H3/t11-,12+/m0/s1. The summed E-state index contributed by atoms with van der Waals surface area (Å²) >= 11 is 0. The van der Waals surface area contributed by atoms with Crippen molar-refractivity contribution >= 4 is 5.69 Å². The van der Waals surface area contributed by atoms with Crippen molar-refractivity contribution in [2.75, 3.05) is 31.1 Å². The van der Waals surface area contributed by atoms with Gasteiger partial charge in [-0.1, -0.05) is 6.07 Å². The van der Waals surface area contributed by atoms with E-state index in [1.54, 1.807) is 19.1 Å². The first-order valence-electron chi connectivity index (χ1n) is 6.88. The van der Waals surface area contributed by atoms with Gasteiger partial charge in [0.05, 0.1) is 11.8 Å². The van der Waals surface area contributed by atoms with E-state index in [4.69, 9.17) is 5.26 Å². The third-order valence-electron chi connectivity index (χ3n) is 3.71. The fraction of sp³-hybridized carbons (Fsp3) is 0.533. The predicted molar refractivity (Wildman–Crippen MR) is 76.0 cm³/mol. The summed E-state index contributed by atoms with van der Waals surface area (Å²) in [6.07, 6.45) is -0.354. The minimum atomic E-state index is -0.468. The summed E-state index contributed by atoms with van der Waals surface area (Å²) in [4.78, 5) is 4.26. The molecule has 1 N–H and O–H groups in total. The molecule has 1 aromatic rings. The lowest BCUT2D eigenvalue weighted by Crippen LogP contribution is -2.53. The van der Waals surface area contributed by atoms with Crippen LogP contribution in [-0.2, 0) is 0 Å². The highest BCUT2D eigenvalue weighted by Crippen LogP contribution is 2.25. The fourth-order valence-corrected chi connectivity index (χ4v) is 2.71. The molecule has 1 heterocycles. The molecule has 0 aromatic heterocycles. The molecule has 0 amide bonds. The van der Waals surface area contributed by atoms with Gasteiger partial charge in [0.1, 0.15) is 17.4 Å². The number of aliphatic hydroxyl groups excluding tert-OH is 1. The zero-order chi connectivity index (χ0) is 14.7. The zero-order valence-corrected chi connectivity index (χ0v) is 11.9. The van der Waals surface area contributed by atoms with E-state index in [1.807, 2.05) is 11.0 Å². The van der Waals surface area contributed by atoms with E-state index < -0.39 is 5.82 Å². The summed E-state index contributed by atoms with van der Waals surface area (Å²) in [5.41, 5.74) is 0.778. The van der Waals surface area contributed by atoms with Crippen molar-refractivity contribution in [2.45, 2.75) is 26.0 Å².